The molecule has 1 amide bonds. The normalized spacial score (nSPS) is 18.9. The zero-order chi connectivity index (χ0) is 26.8. The second-order valence-electron chi connectivity index (χ2n) is 9.75. The molecule has 2 fully saturated rings. The highest BCUT2D eigenvalue weighted by atomic mass is 19.4. The molecule has 0 bridgehead atoms. The Balaban J connectivity index is 1.35. The number of hydrogen-bond donors (Lipinski definition) is 3. The average molecular weight is 531 g/mol. The van der Waals surface area contributed by atoms with E-state index in [1.807, 2.05) is 10.9 Å². The Bertz CT molecular complexity index is 1090. The van der Waals surface area contributed by atoms with Crippen molar-refractivity contribution in [2.24, 2.45) is 5.92 Å². The number of alkyl halides is 5. The summed E-state index contributed by atoms with van der Waals surface area (Å²) in [5.41, 5.74) is 0.267. The molecule has 0 unspecified atom stereocenters. The summed E-state index contributed by atoms with van der Waals surface area (Å²) >= 11 is 0. The Morgan fingerprint density at radius 2 is 1.89 bits per heavy atom. The summed E-state index contributed by atoms with van der Waals surface area (Å²) in [6.07, 6.45) is -0.892. The molecule has 1 aliphatic heterocycles. The minimum atomic E-state index is -4.67. The van der Waals surface area contributed by atoms with E-state index in [-0.39, 0.29) is 31.5 Å². The molecule has 37 heavy (non-hydrogen) atoms. The Morgan fingerprint density at radius 1 is 1.19 bits per heavy atom. The highest BCUT2D eigenvalue weighted by Crippen LogP contribution is 2.42. The van der Waals surface area contributed by atoms with Crippen LogP contribution in [0.5, 0.6) is 0 Å². The number of nitrogens with one attached hydrogen (secondary N) is 3. The van der Waals surface area contributed by atoms with Crippen LogP contribution in [-0.4, -0.2) is 69.7 Å². The summed E-state index contributed by atoms with van der Waals surface area (Å²) in [6.45, 7) is 3.94. The van der Waals surface area contributed by atoms with Gasteiger partial charge in [-0.2, -0.15) is 23.3 Å². The molecule has 204 valence electrons. The van der Waals surface area contributed by atoms with E-state index in [1.165, 1.54) is 0 Å². The maximum absolute atomic E-state index is 13.5. The molecule has 2 aromatic rings. The van der Waals surface area contributed by atoms with Gasteiger partial charge in [-0.1, -0.05) is 0 Å². The molecule has 1 saturated heterocycles. The third kappa shape index (κ3) is 6.84. The van der Waals surface area contributed by atoms with Crippen molar-refractivity contribution in [1.82, 2.24) is 30.0 Å². The van der Waals surface area contributed by atoms with Crippen LogP contribution in [0.25, 0.3) is 0 Å². The minimum absolute atomic E-state index is 0.0132. The van der Waals surface area contributed by atoms with Gasteiger partial charge < -0.3 is 20.9 Å². The molecule has 1 saturated carbocycles. The SMILES string of the molecule is Cc1nn(C2CCN(C)CC2)cc1Nc1ncc(C(F)(F)F)c(NCCCNC(=O)C2CC(F)(F)C2)n1. The van der Waals surface area contributed by atoms with Crippen LogP contribution >= 0.6 is 0 Å². The molecule has 0 atom stereocenters. The molecule has 2 aromatic heterocycles. The van der Waals surface area contributed by atoms with E-state index >= 15 is 0 Å². The first-order valence-electron chi connectivity index (χ1n) is 12.3. The van der Waals surface area contributed by atoms with Crippen LogP contribution in [0.15, 0.2) is 12.4 Å². The molecule has 14 heteroatoms. The van der Waals surface area contributed by atoms with Gasteiger partial charge in [-0.15, -0.1) is 0 Å². The van der Waals surface area contributed by atoms with Gasteiger partial charge in [0.05, 0.1) is 17.4 Å². The second-order valence-corrected chi connectivity index (χ2v) is 9.75. The van der Waals surface area contributed by atoms with Crippen molar-refractivity contribution in [3.63, 3.8) is 0 Å². The summed E-state index contributed by atoms with van der Waals surface area (Å²) in [6, 6.07) is 0.248. The van der Waals surface area contributed by atoms with Crippen LogP contribution in [-0.2, 0) is 11.0 Å². The van der Waals surface area contributed by atoms with Crippen LogP contribution in [0.3, 0.4) is 0 Å². The largest absolute Gasteiger partial charge is 0.421 e. The summed E-state index contributed by atoms with van der Waals surface area (Å²) in [7, 11) is 2.07. The van der Waals surface area contributed by atoms with E-state index in [4.69, 9.17) is 0 Å². The van der Waals surface area contributed by atoms with Crippen molar-refractivity contribution in [2.45, 2.75) is 57.2 Å². The van der Waals surface area contributed by atoms with Gasteiger partial charge in [0.1, 0.15) is 11.4 Å². The third-order valence-corrected chi connectivity index (χ3v) is 6.73. The van der Waals surface area contributed by atoms with Crippen molar-refractivity contribution >= 4 is 23.4 Å². The molecule has 0 radical (unpaired) electrons. The fourth-order valence-electron chi connectivity index (χ4n) is 4.45. The minimum Gasteiger partial charge on any atom is -0.369 e. The average Bonchev–Trinajstić information content (AvgIpc) is 3.16. The smallest absolute Gasteiger partial charge is 0.369 e. The van der Waals surface area contributed by atoms with Gasteiger partial charge in [0.2, 0.25) is 17.8 Å². The van der Waals surface area contributed by atoms with Gasteiger partial charge in [-0.25, -0.2) is 13.8 Å². The monoisotopic (exact) mass is 530 g/mol. The van der Waals surface area contributed by atoms with E-state index in [9.17, 15) is 26.7 Å². The van der Waals surface area contributed by atoms with E-state index in [0.717, 1.165) is 25.9 Å². The van der Waals surface area contributed by atoms with Crippen LogP contribution in [0.4, 0.5) is 39.4 Å². The zero-order valence-corrected chi connectivity index (χ0v) is 20.7. The number of likely N-dealkylation sites (tertiary alicyclic amines) is 1. The maximum atomic E-state index is 13.5. The number of anilines is 3. The summed E-state index contributed by atoms with van der Waals surface area (Å²) in [4.78, 5) is 22.0. The molecular weight excluding hydrogens is 499 g/mol. The van der Waals surface area contributed by atoms with Crippen LogP contribution in [0.2, 0.25) is 0 Å². The number of amides is 1. The molecule has 9 nitrogen and oxygen atoms in total. The third-order valence-electron chi connectivity index (χ3n) is 6.73. The van der Waals surface area contributed by atoms with Gasteiger partial charge >= 0.3 is 6.18 Å². The highest BCUT2D eigenvalue weighted by molar-refractivity contribution is 5.79. The fourth-order valence-corrected chi connectivity index (χ4v) is 4.45. The first kappa shape index (κ1) is 27.0. The summed E-state index contributed by atoms with van der Waals surface area (Å²) in [5, 5.41) is 12.7. The fraction of sp³-hybridized carbons (Fsp3) is 0.652. The number of carbonyl (C=O) groups excluding carboxylic acids is 1. The van der Waals surface area contributed by atoms with Gasteiger partial charge in [0, 0.05) is 44.2 Å². The second kappa shape index (κ2) is 10.8. The van der Waals surface area contributed by atoms with E-state index < -0.39 is 48.1 Å². The molecule has 3 N–H and O–H groups in total. The molecule has 0 aromatic carbocycles. The number of rotatable bonds is 9. The van der Waals surface area contributed by atoms with Crippen molar-refractivity contribution in [3.8, 4) is 0 Å². The van der Waals surface area contributed by atoms with Crippen molar-refractivity contribution in [1.29, 1.82) is 0 Å². The van der Waals surface area contributed by atoms with Crippen LogP contribution in [0.1, 0.15) is 49.4 Å². The number of hydrogen-bond acceptors (Lipinski definition) is 7. The lowest BCUT2D eigenvalue weighted by Crippen LogP contribution is -2.45. The number of carbonyl (C=O) groups is 1. The van der Waals surface area contributed by atoms with Gasteiger partial charge in [-0.3, -0.25) is 9.48 Å². The van der Waals surface area contributed by atoms with Crippen molar-refractivity contribution < 1.29 is 26.7 Å². The quantitative estimate of drug-likeness (QED) is 0.333. The topological polar surface area (TPSA) is 100 Å². The van der Waals surface area contributed by atoms with Crippen molar-refractivity contribution in [3.05, 3.63) is 23.7 Å². The maximum Gasteiger partial charge on any atom is 0.421 e. The lowest BCUT2D eigenvalue weighted by Gasteiger charge is -2.33. The predicted octanol–water partition coefficient (Wildman–Crippen LogP) is 3.97. The number of aryl methyl sites for hydroxylation is 1. The van der Waals surface area contributed by atoms with Gasteiger partial charge in [-0.05, 0) is 46.3 Å². The lowest BCUT2D eigenvalue weighted by molar-refractivity contribution is -0.150. The zero-order valence-electron chi connectivity index (χ0n) is 20.7. The Kier molecular flexibility index (Phi) is 7.85. The van der Waals surface area contributed by atoms with E-state index in [0.29, 0.717) is 17.6 Å². The Labute approximate surface area is 211 Å². The number of halogens is 5. The first-order chi connectivity index (χ1) is 17.4. The molecule has 1 aliphatic carbocycles. The predicted molar refractivity (Wildman–Crippen MR) is 127 cm³/mol. The highest BCUT2D eigenvalue weighted by Gasteiger charge is 2.48. The Hall–Kier alpha value is -3.03. The number of nitrogens with zero attached hydrogens (tertiary/aromatic N) is 5. The van der Waals surface area contributed by atoms with E-state index in [1.54, 1.807) is 6.92 Å². The lowest BCUT2D eigenvalue weighted by atomic mass is 9.81. The van der Waals surface area contributed by atoms with E-state index in [2.05, 4.69) is 43.0 Å². The van der Waals surface area contributed by atoms with Crippen molar-refractivity contribution in [2.75, 3.05) is 43.9 Å². The first-order valence-corrected chi connectivity index (χ1v) is 12.3. The van der Waals surface area contributed by atoms with Crippen LogP contribution < -0.4 is 16.0 Å². The van der Waals surface area contributed by atoms with Gasteiger partial charge in [0.25, 0.3) is 0 Å². The molecule has 4 rings (SSSR count). The molecule has 0 spiro atoms. The number of piperidine rings is 1. The number of aromatic nitrogens is 4. The molecule has 2 aliphatic rings. The summed E-state index contributed by atoms with van der Waals surface area (Å²) in [5.74, 6) is -4.38. The van der Waals surface area contributed by atoms with Crippen LogP contribution in [0, 0.1) is 12.8 Å². The summed E-state index contributed by atoms with van der Waals surface area (Å²) < 4.78 is 68.2. The Morgan fingerprint density at radius 3 is 2.54 bits per heavy atom. The van der Waals surface area contributed by atoms with Gasteiger partial charge in [0.15, 0.2) is 0 Å². The molecule has 3 heterocycles. The standard InChI is InChI=1S/C23H31F5N8O/c1-14-18(13-36(34-14)16-4-8-35(2)9-5-16)32-21-31-12-17(23(26,27)28)19(33-21)29-6-3-7-30-20(37)15-10-22(24,25)11-15/h12-13,15-16H,3-11H2,1-2H3,(H,30,37)(H2,29,31,32,33). The molecular formula is C23H31F5N8O.